The molecule has 0 atom stereocenters. The maximum atomic E-state index is 11.4. The summed E-state index contributed by atoms with van der Waals surface area (Å²) < 4.78 is 2.39. The van der Waals surface area contributed by atoms with Crippen molar-refractivity contribution in [3.8, 4) is 11.4 Å². The smallest absolute Gasteiger partial charge is 0.0641 e. The minimum Gasteiger partial charge on any atom is -0.871 e. The second kappa shape index (κ2) is 3.92. The summed E-state index contributed by atoms with van der Waals surface area (Å²) in [5, 5.41) is 24.0. The van der Waals surface area contributed by atoms with Gasteiger partial charge in [-0.3, -0.25) is 10.7 Å². The van der Waals surface area contributed by atoms with Gasteiger partial charge in [-0.15, -0.1) is 0 Å². The van der Waals surface area contributed by atoms with Crippen LogP contribution in [-0.2, 0) is 0 Å². The van der Waals surface area contributed by atoms with Gasteiger partial charge in [0.05, 0.1) is 22.0 Å². The first-order valence-corrected chi connectivity index (χ1v) is 4.92. The fourth-order valence-electron chi connectivity index (χ4n) is 1.19. The maximum Gasteiger partial charge on any atom is 0.0641 e. The molecule has 2 rings (SSSR count). The Morgan fingerprint density at radius 3 is 2.80 bits per heavy atom. The number of nitrogens with one attached hydrogen (secondary N) is 1. The van der Waals surface area contributed by atoms with Crippen molar-refractivity contribution in [3.63, 3.8) is 0 Å². The lowest BCUT2D eigenvalue weighted by molar-refractivity contribution is -0.267. The molecule has 1 aromatic carbocycles. The molecule has 5 nitrogen and oxygen atoms in total. The van der Waals surface area contributed by atoms with Crippen molar-refractivity contribution in [2.75, 3.05) is 5.48 Å². The summed E-state index contributed by atoms with van der Waals surface area (Å²) in [6.45, 7) is 0. The van der Waals surface area contributed by atoms with Crippen LogP contribution in [0.25, 0.3) is 5.69 Å². The summed E-state index contributed by atoms with van der Waals surface area (Å²) in [5.74, 6) is -0.290. The van der Waals surface area contributed by atoms with Crippen molar-refractivity contribution >= 4 is 21.6 Å². The lowest BCUT2D eigenvalue weighted by Crippen LogP contribution is -2.01. The average Bonchev–Trinajstić information content (AvgIpc) is 2.65. The first-order chi connectivity index (χ1) is 7.20. The molecule has 15 heavy (non-hydrogen) atoms. The van der Waals surface area contributed by atoms with E-state index >= 15 is 0 Å². The van der Waals surface area contributed by atoms with Gasteiger partial charge in [0, 0.05) is 6.20 Å². The monoisotopic (exact) mass is 268 g/mol. The lowest BCUT2D eigenvalue weighted by Gasteiger charge is -2.13. The van der Waals surface area contributed by atoms with Crippen LogP contribution >= 0.6 is 15.9 Å². The van der Waals surface area contributed by atoms with Crippen LogP contribution in [0.2, 0.25) is 0 Å². The summed E-state index contributed by atoms with van der Waals surface area (Å²) in [4.78, 5) is 0. The van der Waals surface area contributed by atoms with Gasteiger partial charge in [0.25, 0.3) is 0 Å². The standard InChI is InChI=1S/C9H8BrN3O2/c10-6-4-11-13(5-6)7-1-2-8(12-15)9(14)3-7/h1-5,12,14-15H/p-1. The summed E-state index contributed by atoms with van der Waals surface area (Å²) in [6.07, 6.45) is 3.36. The highest BCUT2D eigenvalue weighted by molar-refractivity contribution is 9.10. The first kappa shape index (κ1) is 10.0. The van der Waals surface area contributed by atoms with E-state index in [1.807, 2.05) is 5.48 Å². The third kappa shape index (κ3) is 1.95. The van der Waals surface area contributed by atoms with E-state index in [4.69, 9.17) is 5.21 Å². The van der Waals surface area contributed by atoms with E-state index in [9.17, 15) is 5.11 Å². The molecule has 0 saturated heterocycles. The molecule has 6 heteroatoms. The summed E-state index contributed by atoms with van der Waals surface area (Å²) >= 11 is 3.26. The lowest BCUT2D eigenvalue weighted by atomic mass is 10.2. The zero-order valence-electron chi connectivity index (χ0n) is 7.51. The Kier molecular flexibility index (Phi) is 2.61. The van der Waals surface area contributed by atoms with Crippen LogP contribution in [0.15, 0.2) is 35.1 Å². The van der Waals surface area contributed by atoms with Gasteiger partial charge in [-0.1, -0.05) is 5.75 Å². The first-order valence-electron chi connectivity index (χ1n) is 4.12. The fourth-order valence-corrected chi connectivity index (χ4v) is 1.47. The predicted molar refractivity (Wildman–Crippen MR) is 56.1 cm³/mol. The van der Waals surface area contributed by atoms with Gasteiger partial charge in [0.15, 0.2) is 0 Å². The van der Waals surface area contributed by atoms with Crippen molar-refractivity contribution in [2.24, 2.45) is 0 Å². The molecule has 0 unspecified atom stereocenters. The second-order valence-corrected chi connectivity index (χ2v) is 3.81. The van der Waals surface area contributed by atoms with Gasteiger partial charge in [-0.25, -0.2) is 4.68 Å². The zero-order valence-corrected chi connectivity index (χ0v) is 9.10. The number of hydrogen-bond acceptors (Lipinski definition) is 4. The quantitative estimate of drug-likeness (QED) is 0.810. The van der Waals surface area contributed by atoms with Crippen LogP contribution < -0.4 is 10.6 Å². The molecule has 0 fully saturated rings. The normalized spacial score (nSPS) is 10.3. The van der Waals surface area contributed by atoms with E-state index in [2.05, 4.69) is 21.0 Å². The van der Waals surface area contributed by atoms with E-state index in [-0.39, 0.29) is 11.4 Å². The van der Waals surface area contributed by atoms with Crippen LogP contribution in [0.3, 0.4) is 0 Å². The highest BCUT2D eigenvalue weighted by atomic mass is 79.9. The average molecular weight is 269 g/mol. The third-order valence-corrected chi connectivity index (χ3v) is 2.31. The van der Waals surface area contributed by atoms with Gasteiger partial charge in [0.2, 0.25) is 0 Å². The third-order valence-electron chi connectivity index (χ3n) is 1.90. The SMILES string of the molecule is [O-]c1cc(-n2cc(Br)cn2)ccc1NO. The summed E-state index contributed by atoms with van der Waals surface area (Å²) in [5.41, 5.74) is 2.61. The highest BCUT2D eigenvalue weighted by Gasteiger charge is 1.99. The van der Waals surface area contributed by atoms with E-state index in [0.717, 1.165) is 4.47 Å². The largest absolute Gasteiger partial charge is 0.871 e. The Balaban J connectivity index is 2.42. The molecule has 1 heterocycles. The molecule has 2 N–H and O–H groups in total. The van der Waals surface area contributed by atoms with E-state index in [0.29, 0.717) is 5.69 Å². The molecule has 0 bridgehead atoms. The number of rotatable bonds is 2. The van der Waals surface area contributed by atoms with Crippen molar-refractivity contribution < 1.29 is 10.3 Å². The number of hydrogen-bond donors (Lipinski definition) is 2. The molecular formula is C9H7BrN3O2-. The molecule has 0 aliphatic rings. The Morgan fingerprint density at radius 2 is 2.27 bits per heavy atom. The molecule has 0 spiro atoms. The molecule has 0 aliphatic carbocycles. The summed E-state index contributed by atoms with van der Waals surface area (Å²) in [7, 11) is 0. The maximum absolute atomic E-state index is 11.4. The Morgan fingerprint density at radius 1 is 1.47 bits per heavy atom. The van der Waals surface area contributed by atoms with Crippen molar-refractivity contribution in [1.82, 2.24) is 9.78 Å². The van der Waals surface area contributed by atoms with Crippen molar-refractivity contribution in [1.29, 1.82) is 0 Å². The summed E-state index contributed by atoms with van der Waals surface area (Å²) in [6, 6.07) is 4.56. The van der Waals surface area contributed by atoms with Crippen LogP contribution in [0.4, 0.5) is 5.69 Å². The van der Waals surface area contributed by atoms with Gasteiger partial charge in [-0.2, -0.15) is 5.10 Å². The highest BCUT2D eigenvalue weighted by Crippen LogP contribution is 2.23. The number of nitrogens with zero attached hydrogens (tertiary/aromatic N) is 2. The van der Waals surface area contributed by atoms with Crippen molar-refractivity contribution in [2.45, 2.75) is 0 Å². The minimum atomic E-state index is -0.290. The molecule has 0 aliphatic heterocycles. The van der Waals surface area contributed by atoms with Gasteiger partial charge >= 0.3 is 0 Å². The molecule has 0 radical (unpaired) electrons. The van der Waals surface area contributed by atoms with Crippen LogP contribution in [0.1, 0.15) is 0 Å². The van der Waals surface area contributed by atoms with E-state index in [1.165, 1.54) is 12.1 Å². The Hall–Kier alpha value is -1.53. The zero-order chi connectivity index (χ0) is 10.8. The number of halogens is 1. The molecule has 1 aromatic heterocycles. The number of aromatic nitrogens is 2. The van der Waals surface area contributed by atoms with Gasteiger partial charge < -0.3 is 5.11 Å². The molecule has 78 valence electrons. The molecular weight excluding hydrogens is 262 g/mol. The number of benzene rings is 1. The van der Waals surface area contributed by atoms with Crippen LogP contribution in [0.5, 0.6) is 5.75 Å². The molecule has 0 amide bonds. The molecule has 0 saturated carbocycles. The van der Waals surface area contributed by atoms with Crippen molar-refractivity contribution in [3.05, 3.63) is 35.1 Å². The molecule has 2 aromatic rings. The van der Waals surface area contributed by atoms with Gasteiger partial charge in [0.1, 0.15) is 0 Å². The minimum absolute atomic E-state index is 0.143. The Bertz CT molecular complexity index is 484. The van der Waals surface area contributed by atoms with Crippen LogP contribution in [0, 0.1) is 0 Å². The topological polar surface area (TPSA) is 73.1 Å². The van der Waals surface area contributed by atoms with E-state index < -0.39 is 0 Å². The van der Waals surface area contributed by atoms with E-state index in [1.54, 1.807) is 23.1 Å². The van der Waals surface area contributed by atoms with Crippen LogP contribution in [-0.4, -0.2) is 15.0 Å². The van der Waals surface area contributed by atoms with Gasteiger partial charge in [-0.05, 0) is 34.1 Å². The second-order valence-electron chi connectivity index (χ2n) is 2.90. The fraction of sp³-hybridized carbons (Fsp3) is 0. The Labute approximate surface area is 94.1 Å². The number of anilines is 1. The predicted octanol–water partition coefficient (Wildman–Crippen LogP) is 1.51.